The minimum atomic E-state index is 1.12. The minimum Gasteiger partial charge on any atom is -0.353 e. The van der Waals surface area contributed by atoms with Gasteiger partial charge in [0.1, 0.15) is 0 Å². The second kappa shape index (κ2) is 4.73. The normalized spacial score (nSPS) is 21.9. The highest BCUT2D eigenvalue weighted by molar-refractivity contribution is 8.14. The molecule has 90 valence electrons. The van der Waals surface area contributed by atoms with Crippen molar-refractivity contribution in [2.24, 2.45) is 4.99 Å². The molecule has 1 aromatic rings. The van der Waals surface area contributed by atoms with Crippen LogP contribution in [0.4, 0.5) is 5.69 Å². The molecule has 0 amide bonds. The van der Waals surface area contributed by atoms with Crippen LogP contribution in [0.2, 0.25) is 0 Å². The SMILES string of the molecule is CN1CCSC1=Nc1cccc2c1CCCC2. The highest BCUT2D eigenvalue weighted by Crippen LogP contribution is 2.31. The van der Waals surface area contributed by atoms with E-state index in [9.17, 15) is 0 Å². The molecule has 0 bridgehead atoms. The van der Waals surface area contributed by atoms with Gasteiger partial charge in [-0.3, -0.25) is 0 Å². The molecule has 1 aromatic carbocycles. The van der Waals surface area contributed by atoms with E-state index in [4.69, 9.17) is 4.99 Å². The Morgan fingerprint density at radius 2 is 2.12 bits per heavy atom. The number of hydrogen-bond donors (Lipinski definition) is 0. The summed E-state index contributed by atoms with van der Waals surface area (Å²) >= 11 is 1.87. The Hall–Kier alpha value is -0.960. The van der Waals surface area contributed by atoms with E-state index in [1.54, 1.807) is 0 Å². The van der Waals surface area contributed by atoms with Gasteiger partial charge in [0.15, 0.2) is 5.17 Å². The maximum absolute atomic E-state index is 4.86. The van der Waals surface area contributed by atoms with E-state index < -0.39 is 0 Å². The quantitative estimate of drug-likeness (QED) is 0.756. The summed E-state index contributed by atoms with van der Waals surface area (Å²) in [6.07, 6.45) is 5.09. The van der Waals surface area contributed by atoms with Crippen LogP contribution < -0.4 is 0 Å². The maximum Gasteiger partial charge on any atom is 0.164 e. The van der Waals surface area contributed by atoms with Crippen molar-refractivity contribution in [3.8, 4) is 0 Å². The van der Waals surface area contributed by atoms with E-state index in [1.807, 2.05) is 11.8 Å². The van der Waals surface area contributed by atoms with Crippen LogP contribution in [-0.4, -0.2) is 29.4 Å². The maximum atomic E-state index is 4.86. The third kappa shape index (κ3) is 2.21. The smallest absolute Gasteiger partial charge is 0.164 e. The Morgan fingerprint density at radius 1 is 1.24 bits per heavy atom. The standard InChI is InChI=1S/C14H18N2S/c1-16-9-10-17-14(16)15-13-8-4-6-11-5-2-3-7-12(11)13/h4,6,8H,2-3,5,7,9-10H2,1H3. The van der Waals surface area contributed by atoms with Gasteiger partial charge in [0.25, 0.3) is 0 Å². The summed E-state index contributed by atoms with van der Waals surface area (Å²) in [5, 5.41) is 1.18. The molecule has 2 aliphatic rings. The first-order chi connectivity index (χ1) is 8.34. The third-order valence-corrected chi connectivity index (χ3v) is 4.62. The van der Waals surface area contributed by atoms with Gasteiger partial charge in [-0.05, 0) is 42.9 Å². The van der Waals surface area contributed by atoms with Gasteiger partial charge in [-0.15, -0.1) is 0 Å². The van der Waals surface area contributed by atoms with Crippen molar-refractivity contribution in [2.75, 3.05) is 19.3 Å². The van der Waals surface area contributed by atoms with Gasteiger partial charge in [0.05, 0.1) is 5.69 Å². The first-order valence-electron chi connectivity index (χ1n) is 6.38. The summed E-state index contributed by atoms with van der Waals surface area (Å²) in [5.74, 6) is 1.17. The first-order valence-corrected chi connectivity index (χ1v) is 7.36. The molecule has 1 saturated heterocycles. The van der Waals surface area contributed by atoms with Crippen molar-refractivity contribution in [3.05, 3.63) is 29.3 Å². The zero-order chi connectivity index (χ0) is 11.7. The van der Waals surface area contributed by atoms with Crippen LogP contribution in [0.1, 0.15) is 24.0 Å². The van der Waals surface area contributed by atoms with Crippen LogP contribution in [0.5, 0.6) is 0 Å². The minimum absolute atomic E-state index is 1.12. The van der Waals surface area contributed by atoms with E-state index in [0.717, 1.165) is 6.54 Å². The molecular weight excluding hydrogens is 228 g/mol. The number of benzene rings is 1. The third-order valence-electron chi connectivity index (χ3n) is 3.57. The Labute approximate surface area is 107 Å². The number of aliphatic imine (C=N–C) groups is 1. The van der Waals surface area contributed by atoms with Crippen molar-refractivity contribution in [3.63, 3.8) is 0 Å². The van der Waals surface area contributed by atoms with Crippen molar-refractivity contribution >= 4 is 22.6 Å². The molecule has 1 fully saturated rings. The zero-order valence-corrected chi connectivity index (χ0v) is 11.1. The molecular formula is C14H18N2S. The lowest BCUT2D eigenvalue weighted by molar-refractivity contribution is 0.563. The summed E-state index contributed by atoms with van der Waals surface area (Å²) < 4.78 is 0. The molecule has 0 N–H and O–H groups in total. The largest absolute Gasteiger partial charge is 0.353 e. The van der Waals surface area contributed by atoms with Crippen molar-refractivity contribution < 1.29 is 0 Å². The topological polar surface area (TPSA) is 15.6 Å². The van der Waals surface area contributed by atoms with E-state index in [0.29, 0.717) is 0 Å². The molecule has 0 saturated carbocycles. The van der Waals surface area contributed by atoms with Crippen LogP contribution in [0.25, 0.3) is 0 Å². The van der Waals surface area contributed by atoms with E-state index in [1.165, 1.54) is 53.4 Å². The molecule has 0 aromatic heterocycles. The van der Waals surface area contributed by atoms with Crippen LogP contribution in [0.15, 0.2) is 23.2 Å². The predicted molar refractivity (Wildman–Crippen MR) is 75.3 cm³/mol. The molecule has 3 rings (SSSR count). The number of aryl methyl sites for hydroxylation is 1. The molecule has 1 aliphatic heterocycles. The Kier molecular flexibility index (Phi) is 3.10. The van der Waals surface area contributed by atoms with Crippen molar-refractivity contribution in [1.29, 1.82) is 0 Å². The van der Waals surface area contributed by atoms with Gasteiger partial charge in [0.2, 0.25) is 0 Å². The van der Waals surface area contributed by atoms with Gasteiger partial charge >= 0.3 is 0 Å². The average molecular weight is 246 g/mol. The van der Waals surface area contributed by atoms with Gasteiger partial charge < -0.3 is 4.90 Å². The summed E-state index contributed by atoms with van der Waals surface area (Å²) in [7, 11) is 2.13. The van der Waals surface area contributed by atoms with Crippen LogP contribution in [0, 0.1) is 0 Å². The summed E-state index contributed by atoms with van der Waals surface area (Å²) in [6.45, 7) is 1.12. The van der Waals surface area contributed by atoms with Gasteiger partial charge in [-0.2, -0.15) is 0 Å². The number of nitrogens with zero attached hydrogens (tertiary/aromatic N) is 2. The summed E-state index contributed by atoms with van der Waals surface area (Å²) in [4.78, 5) is 7.11. The van der Waals surface area contributed by atoms with Gasteiger partial charge in [0, 0.05) is 19.3 Å². The Balaban J connectivity index is 1.97. The fraction of sp³-hybridized carbons (Fsp3) is 0.500. The zero-order valence-electron chi connectivity index (χ0n) is 10.3. The predicted octanol–water partition coefficient (Wildman–Crippen LogP) is 3.23. The molecule has 17 heavy (non-hydrogen) atoms. The fourth-order valence-corrected chi connectivity index (χ4v) is 3.59. The highest BCUT2D eigenvalue weighted by Gasteiger charge is 2.17. The molecule has 0 atom stereocenters. The van der Waals surface area contributed by atoms with Gasteiger partial charge in [-0.1, -0.05) is 23.9 Å². The Bertz CT molecular complexity index is 454. The molecule has 2 nitrogen and oxygen atoms in total. The average Bonchev–Trinajstić information content (AvgIpc) is 2.76. The second-order valence-electron chi connectivity index (χ2n) is 4.79. The first kappa shape index (κ1) is 11.1. The van der Waals surface area contributed by atoms with E-state index in [2.05, 4.69) is 30.1 Å². The number of hydrogen-bond acceptors (Lipinski definition) is 2. The molecule has 3 heteroatoms. The lowest BCUT2D eigenvalue weighted by Crippen LogP contribution is -2.18. The van der Waals surface area contributed by atoms with Crippen molar-refractivity contribution in [1.82, 2.24) is 4.90 Å². The number of rotatable bonds is 1. The fourth-order valence-electron chi connectivity index (χ4n) is 2.57. The Morgan fingerprint density at radius 3 is 2.94 bits per heavy atom. The lowest BCUT2D eigenvalue weighted by atomic mass is 9.90. The number of fused-ring (bicyclic) bond motifs is 1. The second-order valence-corrected chi connectivity index (χ2v) is 5.85. The van der Waals surface area contributed by atoms with Crippen LogP contribution in [-0.2, 0) is 12.8 Å². The lowest BCUT2D eigenvalue weighted by Gasteiger charge is -2.18. The molecule has 1 aliphatic carbocycles. The van der Waals surface area contributed by atoms with E-state index in [-0.39, 0.29) is 0 Å². The van der Waals surface area contributed by atoms with Crippen LogP contribution in [0.3, 0.4) is 0 Å². The molecule has 0 unspecified atom stereocenters. The summed E-state index contributed by atoms with van der Waals surface area (Å²) in [5.41, 5.74) is 4.22. The van der Waals surface area contributed by atoms with Crippen molar-refractivity contribution in [2.45, 2.75) is 25.7 Å². The number of amidine groups is 1. The molecule has 0 radical (unpaired) electrons. The number of thioether (sulfide) groups is 1. The van der Waals surface area contributed by atoms with Crippen LogP contribution >= 0.6 is 11.8 Å². The van der Waals surface area contributed by atoms with E-state index >= 15 is 0 Å². The molecule has 0 spiro atoms. The summed E-state index contributed by atoms with van der Waals surface area (Å²) in [6, 6.07) is 6.59. The van der Waals surface area contributed by atoms with Gasteiger partial charge in [-0.25, -0.2) is 4.99 Å². The molecule has 1 heterocycles. The highest BCUT2D eigenvalue weighted by atomic mass is 32.2. The monoisotopic (exact) mass is 246 g/mol.